The number of ether oxygens (including phenoxy) is 2. The maximum absolute atomic E-state index is 12.6. The van der Waals surface area contributed by atoms with Gasteiger partial charge in [-0.1, -0.05) is 29.4 Å². The Morgan fingerprint density at radius 3 is 2.39 bits per heavy atom. The van der Waals surface area contributed by atoms with Crippen molar-refractivity contribution in [1.82, 2.24) is 15.5 Å². The number of nitrogens with one attached hydrogen (secondary N) is 1. The first kappa shape index (κ1) is 20.5. The maximum atomic E-state index is 12.6. The predicted molar refractivity (Wildman–Crippen MR) is 117 cm³/mol. The molecule has 0 aliphatic carbocycles. The topological polar surface area (TPSA) is 89.2 Å². The molecule has 31 heavy (non-hydrogen) atoms. The minimum Gasteiger partial charge on any atom is -0.493 e. The van der Waals surface area contributed by atoms with Gasteiger partial charge in [0.05, 0.1) is 32.2 Å². The predicted octanol–water partition coefficient (Wildman–Crippen LogP) is 3.70. The molecule has 2 heterocycles. The van der Waals surface area contributed by atoms with Crippen molar-refractivity contribution in [2.75, 3.05) is 21.3 Å². The van der Waals surface area contributed by atoms with Crippen molar-refractivity contribution in [2.24, 2.45) is 5.10 Å². The quantitative estimate of drug-likeness (QED) is 0.695. The average Bonchev–Trinajstić information content (AvgIpc) is 3.30. The summed E-state index contributed by atoms with van der Waals surface area (Å²) in [6.07, 6.45) is 3.88. The van der Waals surface area contributed by atoms with Crippen LogP contribution in [0.5, 0.6) is 11.5 Å². The lowest BCUT2D eigenvalue weighted by atomic mass is 9.93. The van der Waals surface area contributed by atoms with Crippen LogP contribution in [0.2, 0.25) is 0 Å². The number of methoxy groups -OCH3 is 2. The number of benzene rings is 2. The number of hydrazone groups is 1. The number of carbonyl (C=O) groups excluding carboxylic acids is 1. The van der Waals surface area contributed by atoms with Crippen molar-refractivity contribution in [3.63, 3.8) is 0 Å². The molecule has 1 N–H and O–H groups in total. The normalized spacial score (nSPS) is 15.5. The smallest absolute Gasteiger partial charge is 0.337 e. The lowest BCUT2D eigenvalue weighted by molar-refractivity contribution is 0.184. The van der Waals surface area contributed by atoms with Crippen LogP contribution in [0.25, 0.3) is 11.1 Å². The van der Waals surface area contributed by atoms with Crippen LogP contribution in [0.15, 0.2) is 58.5 Å². The van der Waals surface area contributed by atoms with Gasteiger partial charge in [0.15, 0.2) is 11.5 Å². The van der Waals surface area contributed by atoms with Crippen LogP contribution in [0.1, 0.15) is 23.6 Å². The maximum Gasteiger partial charge on any atom is 0.337 e. The number of rotatable bonds is 4. The summed E-state index contributed by atoms with van der Waals surface area (Å²) in [6, 6.07) is 11.4. The summed E-state index contributed by atoms with van der Waals surface area (Å²) in [6.45, 7) is 1.97. The first-order chi connectivity index (χ1) is 15.0. The molecule has 8 heteroatoms. The summed E-state index contributed by atoms with van der Waals surface area (Å²) >= 11 is 0. The molecule has 1 unspecified atom stereocenters. The van der Waals surface area contributed by atoms with Crippen LogP contribution in [-0.4, -0.2) is 49.2 Å². The SMILES string of the molecule is CNC(=O)N1N=C(c2ccc(-c3cnoc3)cc2)c2cc(OC)c(OC)cc2CC1C. The number of carbonyl (C=O) groups is 1. The standard InChI is InChI=1S/C23H24N4O4/c1-14-9-17-10-20(29-3)21(30-4)11-19(17)22(26-27(14)23(28)24-2)16-7-5-15(6-8-16)18-12-25-31-13-18/h5-8,10-14H,9H2,1-4H3,(H,24,28). The van der Waals surface area contributed by atoms with Gasteiger partial charge in [-0.05, 0) is 36.6 Å². The third kappa shape index (κ3) is 3.84. The number of fused-ring (bicyclic) bond motifs is 1. The summed E-state index contributed by atoms with van der Waals surface area (Å²) in [5.74, 6) is 1.25. The molecule has 3 aromatic rings. The fraction of sp³-hybridized carbons (Fsp3) is 0.261. The van der Waals surface area contributed by atoms with E-state index < -0.39 is 0 Å². The summed E-state index contributed by atoms with van der Waals surface area (Å²) in [7, 11) is 4.81. The Labute approximate surface area is 180 Å². The van der Waals surface area contributed by atoms with E-state index in [2.05, 4.69) is 10.5 Å². The van der Waals surface area contributed by atoms with Gasteiger partial charge < -0.3 is 19.3 Å². The van der Waals surface area contributed by atoms with Crippen LogP contribution in [0, 0.1) is 0 Å². The lowest BCUT2D eigenvalue weighted by Crippen LogP contribution is -2.41. The largest absolute Gasteiger partial charge is 0.493 e. The van der Waals surface area contributed by atoms with Crippen LogP contribution < -0.4 is 14.8 Å². The van der Waals surface area contributed by atoms with E-state index in [0.717, 1.165) is 27.8 Å². The van der Waals surface area contributed by atoms with Gasteiger partial charge in [-0.3, -0.25) is 0 Å². The minimum absolute atomic E-state index is 0.148. The molecule has 8 nitrogen and oxygen atoms in total. The van der Waals surface area contributed by atoms with Crippen molar-refractivity contribution in [3.8, 4) is 22.6 Å². The number of urea groups is 1. The van der Waals surface area contributed by atoms with Gasteiger partial charge in [-0.25, -0.2) is 9.80 Å². The summed E-state index contributed by atoms with van der Waals surface area (Å²) < 4.78 is 16.0. The molecule has 0 bridgehead atoms. The fourth-order valence-electron chi connectivity index (χ4n) is 3.72. The zero-order valence-electron chi connectivity index (χ0n) is 17.9. The molecule has 0 spiro atoms. The monoisotopic (exact) mass is 420 g/mol. The van der Waals surface area contributed by atoms with Gasteiger partial charge in [0.1, 0.15) is 6.26 Å². The molecule has 160 valence electrons. The van der Waals surface area contributed by atoms with Crippen LogP contribution in [0.4, 0.5) is 4.79 Å². The average molecular weight is 420 g/mol. The van der Waals surface area contributed by atoms with Crippen LogP contribution in [0.3, 0.4) is 0 Å². The second-order valence-corrected chi connectivity index (χ2v) is 7.26. The van der Waals surface area contributed by atoms with Crippen molar-refractivity contribution < 1.29 is 18.8 Å². The van der Waals surface area contributed by atoms with E-state index in [4.69, 9.17) is 19.1 Å². The van der Waals surface area contributed by atoms with E-state index in [0.29, 0.717) is 23.6 Å². The molecule has 1 aromatic heterocycles. The first-order valence-electron chi connectivity index (χ1n) is 9.90. The first-order valence-corrected chi connectivity index (χ1v) is 9.90. The molecule has 0 saturated carbocycles. The van der Waals surface area contributed by atoms with Crippen molar-refractivity contribution >= 4 is 11.7 Å². The molecule has 4 rings (SSSR count). The van der Waals surface area contributed by atoms with E-state index in [-0.39, 0.29) is 12.1 Å². The van der Waals surface area contributed by atoms with Gasteiger partial charge in [0.25, 0.3) is 0 Å². The molecule has 2 amide bonds. The van der Waals surface area contributed by atoms with Gasteiger partial charge in [-0.15, -0.1) is 0 Å². The van der Waals surface area contributed by atoms with Gasteiger partial charge >= 0.3 is 6.03 Å². The highest BCUT2D eigenvalue weighted by atomic mass is 16.5. The number of amides is 2. The van der Waals surface area contributed by atoms with Crippen molar-refractivity contribution in [1.29, 1.82) is 0 Å². The van der Waals surface area contributed by atoms with Crippen molar-refractivity contribution in [3.05, 3.63) is 65.5 Å². The Morgan fingerprint density at radius 1 is 1.10 bits per heavy atom. The van der Waals surface area contributed by atoms with Crippen LogP contribution >= 0.6 is 0 Å². The highest BCUT2D eigenvalue weighted by Crippen LogP contribution is 2.35. The van der Waals surface area contributed by atoms with E-state index in [1.54, 1.807) is 33.7 Å². The summed E-state index contributed by atoms with van der Waals surface area (Å²) in [4.78, 5) is 12.6. The number of hydrogen-bond acceptors (Lipinski definition) is 6. The highest BCUT2D eigenvalue weighted by Gasteiger charge is 2.28. The molecule has 0 radical (unpaired) electrons. The molecule has 1 atom stereocenters. The third-order valence-corrected chi connectivity index (χ3v) is 5.35. The number of nitrogens with zero attached hydrogens (tertiary/aromatic N) is 3. The zero-order chi connectivity index (χ0) is 22.0. The molecular formula is C23H24N4O4. The second-order valence-electron chi connectivity index (χ2n) is 7.26. The van der Waals surface area contributed by atoms with E-state index in [1.807, 2.05) is 43.3 Å². The summed E-state index contributed by atoms with van der Waals surface area (Å²) in [5.41, 5.74) is 5.34. The molecule has 1 aliphatic heterocycles. The van der Waals surface area contributed by atoms with Gasteiger partial charge in [-0.2, -0.15) is 5.10 Å². The Kier molecular flexibility index (Phi) is 5.62. The molecule has 2 aromatic carbocycles. The van der Waals surface area contributed by atoms with Gasteiger partial charge in [0, 0.05) is 23.7 Å². The molecule has 1 aliphatic rings. The van der Waals surface area contributed by atoms with Gasteiger partial charge in [0.2, 0.25) is 0 Å². The van der Waals surface area contributed by atoms with E-state index in [9.17, 15) is 4.79 Å². The lowest BCUT2D eigenvalue weighted by Gasteiger charge is -2.22. The van der Waals surface area contributed by atoms with Crippen LogP contribution in [-0.2, 0) is 6.42 Å². The Hall–Kier alpha value is -3.81. The second kappa shape index (κ2) is 8.51. The zero-order valence-corrected chi connectivity index (χ0v) is 17.9. The Balaban J connectivity index is 1.87. The molecule has 0 saturated heterocycles. The molecular weight excluding hydrogens is 396 g/mol. The Bertz CT molecular complexity index is 1110. The number of aromatic nitrogens is 1. The fourth-order valence-corrected chi connectivity index (χ4v) is 3.72. The van der Waals surface area contributed by atoms with E-state index >= 15 is 0 Å². The Morgan fingerprint density at radius 2 is 1.77 bits per heavy atom. The van der Waals surface area contributed by atoms with E-state index in [1.165, 1.54) is 5.01 Å². The minimum atomic E-state index is -0.266. The highest BCUT2D eigenvalue weighted by molar-refractivity contribution is 6.14. The van der Waals surface area contributed by atoms with Crippen molar-refractivity contribution in [2.45, 2.75) is 19.4 Å². The summed E-state index contributed by atoms with van der Waals surface area (Å²) in [5, 5.41) is 12.7. The third-order valence-electron chi connectivity index (χ3n) is 5.35. The number of hydrogen-bond donors (Lipinski definition) is 1. The molecule has 0 fully saturated rings.